The lowest BCUT2D eigenvalue weighted by molar-refractivity contribution is -0.116. The molecule has 0 aliphatic rings. The third-order valence-corrected chi connectivity index (χ3v) is 5.75. The molecule has 36 heavy (non-hydrogen) atoms. The van der Waals surface area contributed by atoms with Gasteiger partial charge in [0, 0.05) is 25.0 Å². The van der Waals surface area contributed by atoms with Crippen molar-refractivity contribution in [1.29, 1.82) is 0 Å². The summed E-state index contributed by atoms with van der Waals surface area (Å²) in [6, 6.07) is 22.0. The first-order valence-corrected chi connectivity index (χ1v) is 11.5. The highest BCUT2D eigenvalue weighted by atomic mass is 16.5. The molecule has 184 valence electrons. The van der Waals surface area contributed by atoms with E-state index in [0.717, 1.165) is 28.8 Å². The van der Waals surface area contributed by atoms with Crippen LogP contribution in [-0.4, -0.2) is 37.0 Å². The van der Waals surface area contributed by atoms with E-state index in [1.807, 2.05) is 35.1 Å². The van der Waals surface area contributed by atoms with Gasteiger partial charge in [-0.1, -0.05) is 48.5 Å². The quantitative estimate of drug-likeness (QED) is 0.323. The number of nitrogens with zero attached hydrogens (tertiary/aromatic N) is 2. The number of carbonyl (C=O) groups is 1. The van der Waals surface area contributed by atoms with Crippen molar-refractivity contribution >= 4 is 12.0 Å². The first-order chi connectivity index (χ1) is 17.6. The number of methoxy groups -OCH3 is 3. The summed E-state index contributed by atoms with van der Waals surface area (Å²) < 4.78 is 18.0. The van der Waals surface area contributed by atoms with E-state index < -0.39 is 0 Å². The van der Waals surface area contributed by atoms with Crippen LogP contribution in [0.15, 0.2) is 85.2 Å². The van der Waals surface area contributed by atoms with Gasteiger partial charge in [0.2, 0.25) is 11.7 Å². The topological polar surface area (TPSA) is 74.6 Å². The summed E-state index contributed by atoms with van der Waals surface area (Å²) in [6.45, 7) is 1.13. The zero-order valence-corrected chi connectivity index (χ0v) is 20.6. The van der Waals surface area contributed by atoms with Crippen LogP contribution >= 0.6 is 0 Å². The van der Waals surface area contributed by atoms with Crippen LogP contribution in [0.4, 0.5) is 0 Å². The van der Waals surface area contributed by atoms with E-state index in [4.69, 9.17) is 14.2 Å². The number of nitrogens with one attached hydrogen (secondary N) is 1. The predicted molar refractivity (Wildman–Crippen MR) is 140 cm³/mol. The fraction of sp³-hybridized carbons (Fsp3) is 0.172. The molecule has 0 spiro atoms. The molecular weight excluding hydrogens is 454 g/mol. The third kappa shape index (κ3) is 5.93. The lowest BCUT2D eigenvalue weighted by Gasteiger charge is -2.13. The Labute approximate surface area is 210 Å². The summed E-state index contributed by atoms with van der Waals surface area (Å²) in [5.41, 5.74) is 5.14. The molecule has 1 amide bonds. The van der Waals surface area contributed by atoms with E-state index in [0.29, 0.717) is 23.8 Å². The maximum absolute atomic E-state index is 12.6. The van der Waals surface area contributed by atoms with Crippen molar-refractivity contribution in [3.63, 3.8) is 0 Å². The van der Waals surface area contributed by atoms with E-state index in [1.165, 1.54) is 11.6 Å². The van der Waals surface area contributed by atoms with Gasteiger partial charge in [-0.2, -0.15) is 5.10 Å². The Kier molecular flexibility index (Phi) is 8.03. The first kappa shape index (κ1) is 24.6. The zero-order valence-electron chi connectivity index (χ0n) is 20.6. The molecule has 0 bridgehead atoms. The smallest absolute Gasteiger partial charge is 0.244 e. The van der Waals surface area contributed by atoms with Gasteiger partial charge in [0.05, 0.1) is 27.9 Å². The number of rotatable bonds is 10. The van der Waals surface area contributed by atoms with Crippen molar-refractivity contribution in [2.24, 2.45) is 0 Å². The molecule has 4 rings (SSSR count). The van der Waals surface area contributed by atoms with Crippen molar-refractivity contribution in [1.82, 2.24) is 15.1 Å². The van der Waals surface area contributed by atoms with Crippen LogP contribution in [0.5, 0.6) is 17.2 Å². The molecule has 1 heterocycles. The summed E-state index contributed by atoms with van der Waals surface area (Å²) in [5, 5.41) is 7.23. The van der Waals surface area contributed by atoms with Gasteiger partial charge in [0.15, 0.2) is 11.5 Å². The average molecular weight is 484 g/mol. The molecule has 1 N–H and O–H groups in total. The number of aromatic nitrogens is 2. The lowest BCUT2D eigenvalue weighted by atomic mass is 9.98. The van der Waals surface area contributed by atoms with E-state index >= 15 is 0 Å². The molecular formula is C29H29N3O4. The molecule has 4 aromatic rings. The number of benzene rings is 3. The van der Waals surface area contributed by atoms with Gasteiger partial charge in [0.25, 0.3) is 0 Å². The molecule has 0 unspecified atom stereocenters. The van der Waals surface area contributed by atoms with E-state index in [9.17, 15) is 4.79 Å². The van der Waals surface area contributed by atoms with Crippen molar-refractivity contribution in [3.05, 3.63) is 102 Å². The second kappa shape index (κ2) is 11.8. The molecule has 1 aromatic heterocycles. The molecule has 0 aliphatic carbocycles. The minimum absolute atomic E-state index is 0.201. The summed E-state index contributed by atoms with van der Waals surface area (Å²) in [7, 11) is 4.67. The van der Waals surface area contributed by atoms with Gasteiger partial charge in [0.1, 0.15) is 0 Å². The molecule has 7 heteroatoms. The standard InChI is InChI=1S/C29H29N3O4/c1-34-26-17-22(18-27(35-2)29(26)36-3)11-14-28(33)30-19-24-7-4-5-8-25(24)23-12-9-21(10-13-23)20-32-16-6-15-31-32/h4-18H,19-20H2,1-3H3,(H,30,33)/b14-11+. The normalized spacial score (nSPS) is 10.9. The number of ether oxygens (including phenoxy) is 3. The molecule has 0 saturated heterocycles. The monoisotopic (exact) mass is 483 g/mol. The van der Waals surface area contributed by atoms with Crippen LogP contribution in [-0.2, 0) is 17.9 Å². The minimum Gasteiger partial charge on any atom is -0.493 e. The molecule has 0 saturated carbocycles. The largest absolute Gasteiger partial charge is 0.493 e. The summed E-state index contributed by atoms with van der Waals surface area (Å²) >= 11 is 0. The Morgan fingerprint density at radius 2 is 1.67 bits per heavy atom. The first-order valence-electron chi connectivity index (χ1n) is 11.5. The number of hydrogen-bond donors (Lipinski definition) is 1. The number of hydrogen-bond acceptors (Lipinski definition) is 5. The van der Waals surface area contributed by atoms with Crippen molar-refractivity contribution in [2.45, 2.75) is 13.1 Å². The minimum atomic E-state index is -0.201. The Bertz CT molecular complexity index is 1300. The van der Waals surface area contributed by atoms with Crippen LogP contribution in [0, 0.1) is 0 Å². The summed E-state index contributed by atoms with van der Waals surface area (Å²) in [6.07, 6.45) is 6.93. The van der Waals surface area contributed by atoms with Crippen molar-refractivity contribution in [2.75, 3.05) is 21.3 Å². The Hall–Kier alpha value is -4.52. The van der Waals surface area contributed by atoms with E-state index in [2.05, 4.69) is 40.7 Å². The van der Waals surface area contributed by atoms with E-state index in [-0.39, 0.29) is 5.91 Å². The SMILES string of the molecule is COc1cc(/C=C/C(=O)NCc2ccccc2-c2ccc(Cn3cccn3)cc2)cc(OC)c1OC. The van der Waals surface area contributed by atoms with Crippen LogP contribution in [0.25, 0.3) is 17.2 Å². The van der Waals surface area contributed by atoms with Gasteiger partial charge in [-0.05, 0) is 52.1 Å². The lowest BCUT2D eigenvalue weighted by Crippen LogP contribution is -2.20. The highest BCUT2D eigenvalue weighted by Crippen LogP contribution is 2.38. The molecule has 7 nitrogen and oxygen atoms in total. The van der Waals surface area contributed by atoms with Crippen molar-refractivity contribution in [3.8, 4) is 28.4 Å². The van der Waals surface area contributed by atoms with Crippen LogP contribution < -0.4 is 19.5 Å². The molecule has 3 aromatic carbocycles. The fourth-order valence-electron chi connectivity index (χ4n) is 3.94. The number of carbonyl (C=O) groups excluding carboxylic acids is 1. The Morgan fingerprint density at radius 3 is 2.31 bits per heavy atom. The average Bonchev–Trinajstić information content (AvgIpc) is 3.43. The van der Waals surface area contributed by atoms with Gasteiger partial charge in [-0.15, -0.1) is 0 Å². The van der Waals surface area contributed by atoms with Crippen LogP contribution in [0.3, 0.4) is 0 Å². The summed E-state index contributed by atoms with van der Waals surface area (Å²) in [4.78, 5) is 12.6. The Morgan fingerprint density at radius 1 is 0.944 bits per heavy atom. The number of amides is 1. The Balaban J connectivity index is 1.43. The van der Waals surface area contributed by atoms with Crippen molar-refractivity contribution < 1.29 is 19.0 Å². The maximum Gasteiger partial charge on any atom is 0.244 e. The second-order valence-corrected chi connectivity index (χ2v) is 8.07. The third-order valence-electron chi connectivity index (χ3n) is 5.75. The highest BCUT2D eigenvalue weighted by Gasteiger charge is 2.12. The van der Waals surface area contributed by atoms with Gasteiger partial charge >= 0.3 is 0 Å². The van der Waals surface area contributed by atoms with Crippen LogP contribution in [0.1, 0.15) is 16.7 Å². The highest BCUT2D eigenvalue weighted by molar-refractivity contribution is 5.92. The molecule has 0 aliphatic heterocycles. The zero-order chi connectivity index (χ0) is 25.3. The van der Waals surface area contributed by atoms with Gasteiger partial charge < -0.3 is 19.5 Å². The van der Waals surface area contributed by atoms with Gasteiger partial charge in [-0.25, -0.2) is 0 Å². The fourth-order valence-corrected chi connectivity index (χ4v) is 3.94. The molecule has 0 fully saturated rings. The maximum atomic E-state index is 12.6. The van der Waals surface area contributed by atoms with E-state index in [1.54, 1.807) is 45.7 Å². The van der Waals surface area contributed by atoms with Gasteiger partial charge in [-0.3, -0.25) is 9.48 Å². The second-order valence-electron chi connectivity index (χ2n) is 8.07. The summed E-state index contributed by atoms with van der Waals surface area (Å²) in [5.74, 6) is 1.36. The molecule has 0 atom stereocenters. The van der Waals surface area contributed by atoms with Crippen LogP contribution in [0.2, 0.25) is 0 Å². The predicted octanol–water partition coefficient (Wildman–Crippen LogP) is 4.95. The molecule has 0 radical (unpaired) electrons.